The van der Waals surface area contributed by atoms with Crippen molar-refractivity contribution in [3.05, 3.63) is 63.5 Å². The van der Waals surface area contributed by atoms with E-state index in [0.717, 1.165) is 23.6 Å². The van der Waals surface area contributed by atoms with Crippen molar-refractivity contribution in [2.24, 2.45) is 0 Å². The van der Waals surface area contributed by atoms with Gasteiger partial charge in [-0.25, -0.2) is 9.78 Å². The number of hydrogen-bond donors (Lipinski definition) is 1. The van der Waals surface area contributed by atoms with Gasteiger partial charge in [-0.15, -0.1) is 0 Å². The van der Waals surface area contributed by atoms with Gasteiger partial charge < -0.3 is 9.84 Å². The van der Waals surface area contributed by atoms with E-state index < -0.39 is 10.9 Å². The SMILES string of the molecule is CCOc1ccc(/C=C/c2ncc([N+](=O)[O-])cc2C(=O)O)cc1. The lowest BCUT2D eigenvalue weighted by Gasteiger charge is -2.03. The molecule has 1 N–H and O–H groups in total. The molecule has 0 aliphatic rings. The van der Waals surface area contributed by atoms with Crippen LogP contribution in [-0.2, 0) is 0 Å². The molecule has 0 bridgehead atoms. The van der Waals surface area contributed by atoms with E-state index >= 15 is 0 Å². The summed E-state index contributed by atoms with van der Waals surface area (Å²) >= 11 is 0. The lowest BCUT2D eigenvalue weighted by atomic mass is 10.1. The molecule has 0 atom stereocenters. The Morgan fingerprint density at radius 2 is 2.04 bits per heavy atom. The zero-order valence-electron chi connectivity index (χ0n) is 12.3. The molecular weight excluding hydrogens is 300 g/mol. The molecule has 118 valence electrons. The standard InChI is InChI=1S/C16H14N2O5/c1-2-23-13-6-3-11(4-7-13)5-8-15-14(16(19)20)9-12(10-17-15)18(21)22/h3-10H,2H2,1H3,(H,19,20)/b8-5+. The number of carboxylic acids is 1. The topological polar surface area (TPSA) is 103 Å². The third-order valence-electron chi connectivity index (χ3n) is 2.97. The van der Waals surface area contributed by atoms with Gasteiger partial charge in [-0.2, -0.15) is 0 Å². The van der Waals surface area contributed by atoms with Crippen molar-refractivity contribution < 1.29 is 19.6 Å². The quantitative estimate of drug-likeness (QED) is 0.648. The van der Waals surface area contributed by atoms with Crippen molar-refractivity contribution in [3.8, 4) is 5.75 Å². The molecule has 0 saturated carbocycles. The highest BCUT2D eigenvalue weighted by atomic mass is 16.6. The Morgan fingerprint density at radius 3 is 2.61 bits per heavy atom. The number of nitro groups is 1. The van der Waals surface area contributed by atoms with Crippen LogP contribution in [0.5, 0.6) is 5.75 Å². The van der Waals surface area contributed by atoms with Crippen LogP contribution in [0.2, 0.25) is 0 Å². The van der Waals surface area contributed by atoms with Gasteiger partial charge in [0.1, 0.15) is 11.9 Å². The minimum Gasteiger partial charge on any atom is -0.494 e. The molecule has 7 nitrogen and oxygen atoms in total. The summed E-state index contributed by atoms with van der Waals surface area (Å²) in [5.74, 6) is -0.531. The highest BCUT2D eigenvalue weighted by Gasteiger charge is 2.15. The molecule has 23 heavy (non-hydrogen) atoms. The molecule has 1 heterocycles. The van der Waals surface area contributed by atoms with Gasteiger partial charge in [0, 0.05) is 6.07 Å². The molecule has 2 rings (SSSR count). The molecule has 0 fully saturated rings. The van der Waals surface area contributed by atoms with Gasteiger partial charge in [0.25, 0.3) is 5.69 Å². The number of ether oxygens (including phenoxy) is 1. The number of pyridine rings is 1. The summed E-state index contributed by atoms with van der Waals surface area (Å²) < 4.78 is 5.33. The average Bonchev–Trinajstić information content (AvgIpc) is 2.54. The number of rotatable bonds is 6. The molecular formula is C16H14N2O5. The van der Waals surface area contributed by atoms with Gasteiger partial charge in [-0.3, -0.25) is 10.1 Å². The zero-order valence-corrected chi connectivity index (χ0v) is 12.3. The van der Waals surface area contributed by atoms with Crippen molar-refractivity contribution in [2.45, 2.75) is 6.92 Å². The molecule has 0 amide bonds. The summed E-state index contributed by atoms with van der Waals surface area (Å²) in [5.41, 5.74) is 0.393. The average molecular weight is 314 g/mol. The van der Waals surface area contributed by atoms with Gasteiger partial charge >= 0.3 is 5.97 Å². The molecule has 0 aliphatic heterocycles. The van der Waals surface area contributed by atoms with Gasteiger partial charge in [-0.1, -0.05) is 18.2 Å². The van der Waals surface area contributed by atoms with Crippen LogP contribution in [0.15, 0.2) is 36.5 Å². The van der Waals surface area contributed by atoms with Crippen LogP contribution in [0.1, 0.15) is 28.5 Å². The van der Waals surface area contributed by atoms with Gasteiger partial charge in [-0.05, 0) is 30.7 Å². The molecule has 1 aromatic carbocycles. The number of benzene rings is 1. The van der Waals surface area contributed by atoms with Crippen molar-refractivity contribution in [2.75, 3.05) is 6.61 Å². The third kappa shape index (κ3) is 4.13. The van der Waals surface area contributed by atoms with E-state index in [0.29, 0.717) is 6.61 Å². The normalized spacial score (nSPS) is 10.7. The summed E-state index contributed by atoms with van der Waals surface area (Å²) in [4.78, 5) is 25.1. The van der Waals surface area contributed by atoms with E-state index in [4.69, 9.17) is 9.84 Å². The van der Waals surface area contributed by atoms with Crippen LogP contribution in [0.3, 0.4) is 0 Å². The van der Waals surface area contributed by atoms with Gasteiger partial charge in [0.15, 0.2) is 0 Å². The fourth-order valence-corrected chi connectivity index (χ4v) is 1.89. The number of aromatic carboxylic acids is 1. The maximum Gasteiger partial charge on any atom is 0.338 e. The fraction of sp³-hybridized carbons (Fsp3) is 0.125. The molecule has 0 unspecified atom stereocenters. The monoisotopic (exact) mass is 314 g/mol. The Morgan fingerprint density at radius 1 is 1.35 bits per heavy atom. The van der Waals surface area contributed by atoms with Crippen molar-refractivity contribution >= 4 is 23.8 Å². The van der Waals surface area contributed by atoms with Gasteiger partial charge in [0.05, 0.1) is 22.8 Å². The molecule has 0 radical (unpaired) electrons. The van der Waals surface area contributed by atoms with Crippen LogP contribution in [0.4, 0.5) is 5.69 Å². The predicted octanol–water partition coefficient (Wildman–Crippen LogP) is 3.26. The Labute approximate surface area is 132 Å². The minimum atomic E-state index is -1.27. The molecule has 1 aromatic heterocycles. The minimum absolute atomic E-state index is 0.150. The highest BCUT2D eigenvalue weighted by molar-refractivity contribution is 5.93. The maximum atomic E-state index is 11.2. The van der Waals surface area contributed by atoms with Crippen LogP contribution in [-0.4, -0.2) is 27.6 Å². The molecule has 0 spiro atoms. The van der Waals surface area contributed by atoms with E-state index in [1.807, 2.05) is 19.1 Å². The van der Waals surface area contributed by atoms with Crippen LogP contribution in [0.25, 0.3) is 12.2 Å². The summed E-state index contributed by atoms with van der Waals surface area (Å²) in [6, 6.07) is 8.21. The van der Waals surface area contributed by atoms with Crippen LogP contribution in [0, 0.1) is 10.1 Å². The Bertz CT molecular complexity index is 754. The third-order valence-corrected chi connectivity index (χ3v) is 2.97. The van der Waals surface area contributed by atoms with Crippen LogP contribution < -0.4 is 4.74 Å². The second-order valence-electron chi connectivity index (χ2n) is 4.52. The lowest BCUT2D eigenvalue weighted by molar-refractivity contribution is -0.385. The van der Waals surface area contributed by atoms with E-state index in [-0.39, 0.29) is 16.9 Å². The summed E-state index contributed by atoms with van der Waals surface area (Å²) in [7, 11) is 0. The number of hydrogen-bond acceptors (Lipinski definition) is 5. The smallest absolute Gasteiger partial charge is 0.338 e. The molecule has 2 aromatic rings. The van der Waals surface area contributed by atoms with Crippen molar-refractivity contribution in [1.82, 2.24) is 4.98 Å². The second-order valence-corrected chi connectivity index (χ2v) is 4.52. The first-order valence-electron chi connectivity index (χ1n) is 6.80. The van der Waals surface area contributed by atoms with E-state index in [9.17, 15) is 14.9 Å². The van der Waals surface area contributed by atoms with Crippen molar-refractivity contribution in [3.63, 3.8) is 0 Å². The summed E-state index contributed by atoms with van der Waals surface area (Å²) in [5, 5.41) is 19.8. The number of aromatic nitrogens is 1. The Kier molecular flexibility index (Phi) is 5.03. The number of carboxylic acid groups (broad SMARTS) is 1. The summed E-state index contributed by atoms with van der Waals surface area (Å²) in [6.45, 7) is 2.46. The Hall–Kier alpha value is -3.22. The molecule has 0 aliphatic carbocycles. The molecule has 7 heteroatoms. The lowest BCUT2D eigenvalue weighted by Crippen LogP contribution is -2.03. The molecule has 0 saturated heterocycles. The largest absolute Gasteiger partial charge is 0.494 e. The maximum absolute atomic E-state index is 11.2. The van der Waals surface area contributed by atoms with Crippen molar-refractivity contribution in [1.29, 1.82) is 0 Å². The zero-order chi connectivity index (χ0) is 16.8. The van der Waals surface area contributed by atoms with E-state index in [1.54, 1.807) is 18.2 Å². The first-order valence-corrected chi connectivity index (χ1v) is 6.80. The highest BCUT2D eigenvalue weighted by Crippen LogP contribution is 2.18. The predicted molar refractivity (Wildman–Crippen MR) is 84.4 cm³/mol. The number of nitrogens with zero attached hydrogens (tertiary/aromatic N) is 2. The second kappa shape index (κ2) is 7.17. The first-order chi connectivity index (χ1) is 11.0. The van der Waals surface area contributed by atoms with Gasteiger partial charge in [0.2, 0.25) is 0 Å². The van der Waals surface area contributed by atoms with E-state index in [1.165, 1.54) is 6.08 Å². The summed E-state index contributed by atoms with van der Waals surface area (Å²) in [6.07, 6.45) is 4.21. The van der Waals surface area contributed by atoms with E-state index in [2.05, 4.69) is 4.98 Å². The fourth-order valence-electron chi connectivity index (χ4n) is 1.89. The first kappa shape index (κ1) is 16.2. The van der Waals surface area contributed by atoms with Crippen LogP contribution >= 0.6 is 0 Å². The Balaban J connectivity index is 2.27. The number of carbonyl (C=O) groups is 1.